The maximum absolute atomic E-state index is 11.0. The third-order valence-electron chi connectivity index (χ3n) is 3.09. The van der Waals surface area contributed by atoms with Crippen molar-refractivity contribution < 1.29 is 9.90 Å². The van der Waals surface area contributed by atoms with Crippen molar-refractivity contribution in [1.29, 1.82) is 0 Å². The van der Waals surface area contributed by atoms with Gasteiger partial charge in [-0.15, -0.1) is 11.8 Å². The lowest BCUT2D eigenvalue weighted by atomic mass is 10.3. The van der Waals surface area contributed by atoms with Crippen molar-refractivity contribution in [2.45, 2.75) is 22.5 Å². The molecule has 3 rings (SSSR count). The van der Waals surface area contributed by atoms with E-state index in [9.17, 15) is 4.79 Å². The van der Waals surface area contributed by atoms with E-state index in [0.717, 1.165) is 17.1 Å². The van der Waals surface area contributed by atoms with E-state index in [1.54, 1.807) is 18.0 Å². The van der Waals surface area contributed by atoms with Gasteiger partial charge in [-0.2, -0.15) is 0 Å². The van der Waals surface area contributed by atoms with Crippen LogP contribution in [0.3, 0.4) is 0 Å². The minimum absolute atomic E-state index is 0.300. The number of aromatic amines is 1. The Morgan fingerprint density at radius 1 is 1.67 bits per heavy atom. The number of H-pyrrole nitrogens is 1. The van der Waals surface area contributed by atoms with Crippen LogP contribution in [0.5, 0.6) is 0 Å². The smallest absolute Gasteiger partial charge is 0.353 e. The highest BCUT2D eigenvalue weighted by Gasteiger charge is 2.49. The van der Waals surface area contributed by atoms with E-state index in [4.69, 9.17) is 5.11 Å². The molecule has 0 aromatic carbocycles. The molecule has 1 aliphatic heterocycles. The largest absolute Gasteiger partial charge is 0.477 e. The normalized spacial score (nSPS) is 21.5. The summed E-state index contributed by atoms with van der Waals surface area (Å²) in [5, 5.41) is 9.04. The van der Waals surface area contributed by atoms with Crippen molar-refractivity contribution in [3.8, 4) is 0 Å². The summed E-state index contributed by atoms with van der Waals surface area (Å²) in [6.07, 6.45) is 4.19. The Balaban J connectivity index is 2.08. The van der Waals surface area contributed by atoms with Gasteiger partial charge in [-0.1, -0.05) is 0 Å². The number of carboxylic acids is 1. The minimum Gasteiger partial charge on any atom is -0.477 e. The zero-order chi connectivity index (χ0) is 10.6. The summed E-state index contributed by atoms with van der Waals surface area (Å²) in [7, 11) is 2.03. The number of nitrogens with one attached hydrogen (secondary N) is 1. The Labute approximate surface area is 91.7 Å². The van der Waals surface area contributed by atoms with Gasteiger partial charge in [0.2, 0.25) is 0 Å². The summed E-state index contributed by atoms with van der Waals surface area (Å²) < 4.78 is 0.300. The van der Waals surface area contributed by atoms with Crippen molar-refractivity contribution in [3.05, 3.63) is 11.9 Å². The molecule has 0 saturated heterocycles. The highest BCUT2D eigenvalue weighted by atomic mass is 32.2. The molecule has 1 spiro atoms. The molecular weight excluding hydrogens is 212 g/mol. The molecule has 0 radical (unpaired) electrons. The van der Waals surface area contributed by atoms with Gasteiger partial charge >= 0.3 is 5.97 Å². The molecule has 1 aromatic rings. The predicted molar refractivity (Wildman–Crippen MR) is 58.8 cm³/mol. The van der Waals surface area contributed by atoms with Crippen LogP contribution in [0.1, 0.15) is 23.3 Å². The number of thioether (sulfide) groups is 1. The molecular formula is C10H12N2O2S. The highest BCUT2D eigenvalue weighted by Crippen LogP contribution is 2.57. The van der Waals surface area contributed by atoms with E-state index in [1.165, 1.54) is 12.8 Å². The average Bonchev–Trinajstić information content (AvgIpc) is 2.77. The summed E-state index contributed by atoms with van der Waals surface area (Å²) in [6, 6.07) is 0. The number of aromatic carboxylic acids is 1. The molecule has 1 fully saturated rings. The van der Waals surface area contributed by atoms with E-state index in [-0.39, 0.29) is 0 Å². The van der Waals surface area contributed by atoms with Gasteiger partial charge in [-0.3, -0.25) is 0 Å². The zero-order valence-electron chi connectivity index (χ0n) is 8.41. The fraction of sp³-hybridized carbons (Fsp3) is 0.500. The molecule has 5 heteroatoms. The number of carbonyl (C=O) groups is 1. The number of carboxylic acid groups (broad SMARTS) is 1. The van der Waals surface area contributed by atoms with Crippen molar-refractivity contribution >= 4 is 23.4 Å². The molecule has 4 nitrogen and oxygen atoms in total. The first kappa shape index (κ1) is 9.15. The van der Waals surface area contributed by atoms with Crippen LogP contribution in [0.2, 0.25) is 0 Å². The lowest BCUT2D eigenvalue weighted by Crippen LogP contribution is -2.32. The van der Waals surface area contributed by atoms with E-state index in [1.807, 2.05) is 7.05 Å². The first-order valence-corrected chi connectivity index (χ1v) is 5.78. The SMILES string of the molecule is CN1CC2(CC2)Sc2c1c[nH]c2C(=O)O. The quantitative estimate of drug-likeness (QED) is 0.763. The maximum atomic E-state index is 11.0. The Morgan fingerprint density at radius 2 is 2.40 bits per heavy atom. The predicted octanol–water partition coefficient (Wildman–Crippen LogP) is 1.79. The topological polar surface area (TPSA) is 56.3 Å². The summed E-state index contributed by atoms with van der Waals surface area (Å²) in [5.74, 6) is -0.866. The molecule has 0 atom stereocenters. The molecule has 2 heterocycles. The third-order valence-corrected chi connectivity index (χ3v) is 4.68. The number of nitrogens with zero attached hydrogens (tertiary/aromatic N) is 1. The van der Waals surface area contributed by atoms with Gasteiger partial charge in [0, 0.05) is 24.5 Å². The number of rotatable bonds is 1. The van der Waals surface area contributed by atoms with Gasteiger partial charge in [0.05, 0.1) is 10.6 Å². The van der Waals surface area contributed by atoms with Crippen LogP contribution in [0.25, 0.3) is 0 Å². The van der Waals surface area contributed by atoms with Crippen molar-refractivity contribution in [2.24, 2.45) is 0 Å². The van der Waals surface area contributed by atoms with Gasteiger partial charge in [0.1, 0.15) is 5.69 Å². The first-order valence-electron chi connectivity index (χ1n) is 4.96. The van der Waals surface area contributed by atoms with Gasteiger partial charge in [-0.05, 0) is 12.8 Å². The Hall–Kier alpha value is -1.10. The van der Waals surface area contributed by atoms with Crippen LogP contribution in [0.15, 0.2) is 11.1 Å². The number of aromatic nitrogens is 1. The molecule has 1 aromatic heterocycles. The summed E-state index contributed by atoms with van der Waals surface area (Å²) in [5.41, 5.74) is 1.36. The van der Waals surface area contributed by atoms with E-state index in [0.29, 0.717) is 10.4 Å². The van der Waals surface area contributed by atoms with Gasteiger partial charge in [-0.25, -0.2) is 4.79 Å². The summed E-state index contributed by atoms with van der Waals surface area (Å²) in [6.45, 7) is 1.03. The molecule has 2 N–H and O–H groups in total. The summed E-state index contributed by atoms with van der Waals surface area (Å²) >= 11 is 1.74. The standard InChI is InChI=1S/C10H12N2O2S/c1-12-5-10(2-3-10)15-8-6(12)4-11-7(8)9(13)14/h4,11H,2-3,5H2,1H3,(H,13,14). The minimum atomic E-state index is -0.866. The number of fused-ring (bicyclic) bond motifs is 1. The van der Waals surface area contributed by atoms with E-state index < -0.39 is 5.97 Å². The summed E-state index contributed by atoms with van der Waals surface area (Å²) in [4.78, 5) is 16.9. The van der Waals surface area contributed by atoms with E-state index in [2.05, 4.69) is 9.88 Å². The van der Waals surface area contributed by atoms with Crippen molar-refractivity contribution in [3.63, 3.8) is 0 Å². The third kappa shape index (κ3) is 1.26. The lowest BCUT2D eigenvalue weighted by Gasteiger charge is -2.31. The second kappa shape index (κ2) is 2.72. The van der Waals surface area contributed by atoms with Gasteiger partial charge in [0.15, 0.2) is 0 Å². The molecule has 2 aliphatic rings. The second-order valence-electron chi connectivity index (χ2n) is 4.32. The van der Waals surface area contributed by atoms with Crippen molar-refractivity contribution in [2.75, 3.05) is 18.5 Å². The van der Waals surface area contributed by atoms with Crippen LogP contribution < -0.4 is 4.90 Å². The number of anilines is 1. The Bertz CT molecular complexity index is 437. The second-order valence-corrected chi connectivity index (χ2v) is 5.80. The van der Waals surface area contributed by atoms with Crippen molar-refractivity contribution in [1.82, 2.24) is 4.98 Å². The fourth-order valence-corrected chi connectivity index (χ4v) is 3.68. The molecule has 0 amide bonds. The zero-order valence-corrected chi connectivity index (χ0v) is 9.23. The monoisotopic (exact) mass is 224 g/mol. The molecule has 1 saturated carbocycles. The van der Waals surface area contributed by atoms with E-state index >= 15 is 0 Å². The van der Waals surface area contributed by atoms with Gasteiger partial charge in [0.25, 0.3) is 0 Å². The maximum Gasteiger partial charge on any atom is 0.353 e. The molecule has 1 aliphatic carbocycles. The first-order chi connectivity index (χ1) is 7.11. The Morgan fingerprint density at radius 3 is 3.00 bits per heavy atom. The molecule has 0 unspecified atom stereocenters. The molecule has 0 bridgehead atoms. The van der Waals surface area contributed by atoms with Crippen LogP contribution in [-0.4, -0.2) is 34.4 Å². The highest BCUT2D eigenvalue weighted by molar-refractivity contribution is 8.01. The number of hydrogen-bond donors (Lipinski definition) is 2. The molecule has 15 heavy (non-hydrogen) atoms. The Kier molecular flexibility index (Phi) is 1.66. The lowest BCUT2D eigenvalue weighted by molar-refractivity contribution is 0.0687. The number of hydrogen-bond acceptors (Lipinski definition) is 3. The average molecular weight is 224 g/mol. The van der Waals surface area contributed by atoms with Crippen LogP contribution >= 0.6 is 11.8 Å². The fourth-order valence-electron chi connectivity index (χ4n) is 2.11. The van der Waals surface area contributed by atoms with Crippen LogP contribution in [-0.2, 0) is 0 Å². The van der Waals surface area contributed by atoms with Gasteiger partial charge < -0.3 is 15.0 Å². The molecule has 80 valence electrons. The van der Waals surface area contributed by atoms with Crippen LogP contribution in [0, 0.1) is 0 Å². The van der Waals surface area contributed by atoms with Crippen LogP contribution in [0.4, 0.5) is 5.69 Å².